The average molecular weight is 218 g/mol. The molecule has 0 saturated heterocycles. The number of aromatic nitrogens is 1. The predicted octanol–water partition coefficient (Wildman–Crippen LogP) is 2.85. The Kier molecular flexibility index (Phi) is 4.01. The standard InChI is InChI=1S/C9H6Cl2FN/c10-4-2-1-3-7-5-9(11)13-6-8(7)12/h5-6H,2,4H2. The van der Waals surface area contributed by atoms with Crippen molar-refractivity contribution in [1.29, 1.82) is 0 Å². The second-order valence-electron chi connectivity index (χ2n) is 2.23. The van der Waals surface area contributed by atoms with Crippen molar-refractivity contribution in [3.63, 3.8) is 0 Å². The Hall–Kier alpha value is -0.780. The van der Waals surface area contributed by atoms with Crippen molar-refractivity contribution in [1.82, 2.24) is 4.98 Å². The summed E-state index contributed by atoms with van der Waals surface area (Å²) in [6, 6.07) is 1.39. The smallest absolute Gasteiger partial charge is 0.157 e. The van der Waals surface area contributed by atoms with Crippen LogP contribution in [0.15, 0.2) is 12.3 Å². The molecule has 0 N–H and O–H groups in total. The molecule has 0 atom stereocenters. The Morgan fingerprint density at radius 3 is 3.00 bits per heavy atom. The first-order valence-corrected chi connectivity index (χ1v) is 4.51. The molecule has 13 heavy (non-hydrogen) atoms. The van der Waals surface area contributed by atoms with Gasteiger partial charge >= 0.3 is 0 Å². The fraction of sp³-hybridized carbons (Fsp3) is 0.222. The Labute approximate surface area is 85.9 Å². The van der Waals surface area contributed by atoms with E-state index in [1.54, 1.807) is 0 Å². The van der Waals surface area contributed by atoms with Gasteiger partial charge in [-0.2, -0.15) is 0 Å². The molecule has 0 spiro atoms. The van der Waals surface area contributed by atoms with Gasteiger partial charge in [-0.1, -0.05) is 23.4 Å². The summed E-state index contributed by atoms with van der Waals surface area (Å²) in [6.45, 7) is 0. The highest BCUT2D eigenvalue weighted by molar-refractivity contribution is 6.29. The molecular weight excluding hydrogens is 212 g/mol. The van der Waals surface area contributed by atoms with Gasteiger partial charge in [-0.15, -0.1) is 11.6 Å². The van der Waals surface area contributed by atoms with E-state index in [1.165, 1.54) is 6.07 Å². The minimum atomic E-state index is -0.466. The largest absolute Gasteiger partial charge is 0.241 e. The van der Waals surface area contributed by atoms with Gasteiger partial charge in [-0.05, 0) is 6.07 Å². The Morgan fingerprint density at radius 1 is 1.54 bits per heavy atom. The first-order chi connectivity index (χ1) is 6.24. The van der Waals surface area contributed by atoms with Crippen LogP contribution in [-0.4, -0.2) is 10.9 Å². The van der Waals surface area contributed by atoms with E-state index in [0.29, 0.717) is 12.3 Å². The van der Waals surface area contributed by atoms with Crippen LogP contribution in [-0.2, 0) is 0 Å². The maximum absolute atomic E-state index is 12.9. The minimum Gasteiger partial charge on any atom is -0.241 e. The van der Waals surface area contributed by atoms with Gasteiger partial charge in [-0.3, -0.25) is 0 Å². The summed E-state index contributed by atoms with van der Waals surface area (Å²) >= 11 is 11.0. The van der Waals surface area contributed by atoms with Gasteiger partial charge < -0.3 is 0 Å². The normalized spacial score (nSPS) is 9.15. The summed E-state index contributed by atoms with van der Waals surface area (Å²) in [6.07, 6.45) is 1.58. The van der Waals surface area contributed by atoms with Crippen molar-refractivity contribution in [2.45, 2.75) is 6.42 Å². The van der Waals surface area contributed by atoms with E-state index >= 15 is 0 Å². The fourth-order valence-corrected chi connectivity index (χ4v) is 0.966. The first-order valence-electron chi connectivity index (χ1n) is 3.60. The topological polar surface area (TPSA) is 12.9 Å². The van der Waals surface area contributed by atoms with Crippen LogP contribution in [0.3, 0.4) is 0 Å². The molecule has 0 aliphatic rings. The zero-order valence-electron chi connectivity index (χ0n) is 6.65. The molecule has 68 valence electrons. The lowest BCUT2D eigenvalue weighted by atomic mass is 10.2. The second kappa shape index (κ2) is 5.06. The quantitative estimate of drug-likeness (QED) is 0.401. The molecule has 1 aromatic rings. The van der Waals surface area contributed by atoms with Gasteiger partial charge in [0.25, 0.3) is 0 Å². The van der Waals surface area contributed by atoms with Gasteiger partial charge in [0.05, 0.1) is 11.8 Å². The van der Waals surface area contributed by atoms with E-state index in [2.05, 4.69) is 16.8 Å². The van der Waals surface area contributed by atoms with Crippen molar-refractivity contribution in [3.8, 4) is 11.8 Å². The minimum absolute atomic E-state index is 0.233. The molecule has 0 fully saturated rings. The van der Waals surface area contributed by atoms with Crippen LogP contribution < -0.4 is 0 Å². The molecule has 1 rings (SSSR count). The molecular formula is C9H6Cl2FN. The third-order valence-electron chi connectivity index (χ3n) is 1.26. The van der Waals surface area contributed by atoms with Crippen LogP contribution >= 0.6 is 23.2 Å². The SMILES string of the molecule is Fc1cnc(Cl)cc1C#CCCCl. The Bertz CT molecular complexity index is 354. The molecule has 4 heteroatoms. The maximum Gasteiger partial charge on any atom is 0.157 e. The molecule has 0 aromatic carbocycles. The van der Waals surface area contributed by atoms with E-state index < -0.39 is 5.82 Å². The zero-order valence-corrected chi connectivity index (χ0v) is 8.16. The van der Waals surface area contributed by atoms with Crippen molar-refractivity contribution < 1.29 is 4.39 Å². The summed E-state index contributed by atoms with van der Waals surface area (Å²) in [5.74, 6) is 5.30. The maximum atomic E-state index is 12.9. The van der Waals surface area contributed by atoms with Crippen molar-refractivity contribution in [2.75, 3.05) is 5.88 Å². The van der Waals surface area contributed by atoms with Crippen molar-refractivity contribution in [2.24, 2.45) is 0 Å². The predicted molar refractivity (Wildman–Crippen MR) is 51.4 cm³/mol. The van der Waals surface area contributed by atoms with Gasteiger partial charge in [0, 0.05) is 12.3 Å². The number of halogens is 3. The highest BCUT2D eigenvalue weighted by Gasteiger charge is 1.99. The van der Waals surface area contributed by atoms with Gasteiger partial charge in [0.15, 0.2) is 5.82 Å². The molecule has 1 aromatic heterocycles. The highest BCUT2D eigenvalue weighted by atomic mass is 35.5. The fourth-order valence-electron chi connectivity index (χ4n) is 0.714. The molecule has 0 saturated carbocycles. The molecule has 1 nitrogen and oxygen atoms in total. The van der Waals surface area contributed by atoms with E-state index in [1.807, 2.05) is 0 Å². The van der Waals surface area contributed by atoms with E-state index in [-0.39, 0.29) is 10.7 Å². The zero-order chi connectivity index (χ0) is 9.68. The summed E-state index contributed by atoms with van der Waals surface area (Å²) in [7, 11) is 0. The van der Waals surface area contributed by atoms with Crippen LogP contribution in [0, 0.1) is 17.7 Å². The second-order valence-corrected chi connectivity index (χ2v) is 2.99. The lowest BCUT2D eigenvalue weighted by Gasteiger charge is -1.93. The molecule has 0 radical (unpaired) electrons. The van der Waals surface area contributed by atoms with Crippen LogP contribution in [0.2, 0.25) is 5.15 Å². The number of rotatable bonds is 1. The van der Waals surface area contributed by atoms with Crippen LogP contribution in [0.5, 0.6) is 0 Å². The first kappa shape index (κ1) is 10.3. The van der Waals surface area contributed by atoms with Gasteiger partial charge in [-0.25, -0.2) is 9.37 Å². The highest BCUT2D eigenvalue weighted by Crippen LogP contribution is 2.10. The van der Waals surface area contributed by atoms with Crippen LogP contribution in [0.4, 0.5) is 4.39 Å². The molecule has 1 heterocycles. The number of hydrogen-bond acceptors (Lipinski definition) is 1. The van der Waals surface area contributed by atoms with E-state index in [4.69, 9.17) is 23.2 Å². The Balaban J connectivity index is 2.89. The number of nitrogens with zero attached hydrogens (tertiary/aromatic N) is 1. The lowest BCUT2D eigenvalue weighted by Crippen LogP contribution is -1.86. The third-order valence-corrected chi connectivity index (χ3v) is 1.66. The lowest BCUT2D eigenvalue weighted by molar-refractivity contribution is 0.618. The monoisotopic (exact) mass is 217 g/mol. The third kappa shape index (κ3) is 3.22. The average Bonchev–Trinajstić information content (AvgIpc) is 2.11. The summed E-state index contributed by atoms with van der Waals surface area (Å²) in [5.41, 5.74) is 0.255. The molecule has 0 bridgehead atoms. The number of alkyl halides is 1. The van der Waals surface area contributed by atoms with Crippen molar-refractivity contribution >= 4 is 23.2 Å². The van der Waals surface area contributed by atoms with Crippen LogP contribution in [0.1, 0.15) is 12.0 Å². The van der Waals surface area contributed by atoms with Crippen molar-refractivity contribution in [3.05, 3.63) is 28.8 Å². The van der Waals surface area contributed by atoms with E-state index in [0.717, 1.165) is 6.20 Å². The van der Waals surface area contributed by atoms with Gasteiger partial charge in [0.2, 0.25) is 0 Å². The molecule has 0 aliphatic carbocycles. The summed E-state index contributed by atoms with van der Waals surface area (Å²) in [5, 5.41) is 0.233. The Morgan fingerprint density at radius 2 is 2.31 bits per heavy atom. The molecule has 0 aliphatic heterocycles. The number of pyridine rings is 1. The molecule has 0 unspecified atom stereocenters. The number of hydrogen-bond donors (Lipinski definition) is 0. The van der Waals surface area contributed by atoms with Gasteiger partial charge in [0.1, 0.15) is 5.15 Å². The summed E-state index contributed by atoms with van der Waals surface area (Å²) < 4.78 is 12.9. The summed E-state index contributed by atoms with van der Waals surface area (Å²) in [4.78, 5) is 3.56. The molecule has 0 amide bonds. The van der Waals surface area contributed by atoms with Crippen LogP contribution in [0.25, 0.3) is 0 Å². The van der Waals surface area contributed by atoms with E-state index in [9.17, 15) is 4.39 Å².